The molecule has 1 fully saturated rings. The molecule has 1 aliphatic carbocycles. The highest BCUT2D eigenvalue weighted by atomic mass is 16.5. The Bertz CT molecular complexity index is 93.2. The third-order valence-electron chi connectivity index (χ3n) is 2.54. The first-order valence-corrected chi connectivity index (χ1v) is 5.36. The lowest BCUT2D eigenvalue weighted by Gasteiger charge is -2.14. The Morgan fingerprint density at radius 2 is 1.83 bits per heavy atom. The van der Waals surface area contributed by atoms with Gasteiger partial charge in [-0.2, -0.15) is 0 Å². The predicted molar refractivity (Wildman–Crippen MR) is 52.0 cm³/mol. The van der Waals surface area contributed by atoms with E-state index in [1.165, 1.54) is 38.5 Å². The van der Waals surface area contributed by atoms with Gasteiger partial charge in [-0.1, -0.05) is 39.0 Å². The summed E-state index contributed by atoms with van der Waals surface area (Å²) < 4.78 is 5.75. The molecule has 0 spiro atoms. The number of rotatable bonds is 4. The summed E-state index contributed by atoms with van der Waals surface area (Å²) in [7, 11) is 0. The van der Waals surface area contributed by atoms with E-state index in [1.54, 1.807) is 0 Å². The van der Waals surface area contributed by atoms with Gasteiger partial charge in [0.05, 0.1) is 12.7 Å². The second-order valence-electron chi connectivity index (χ2n) is 3.64. The first-order chi connectivity index (χ1) is 5.93. The van der Waals surface area contributed by atoms with E-state index in [9.17, 15) is 0 Å². The van der Waals surface area contributed by atoms with Crippen LogP contribution in [0.1, 0.15) is 51.9 Å². The largest absolute Gasteiger partial charge is 0.378 e. The van der Waals surface area contributed by atoms with Crippen LogP contribution in [-0.2, 0) is 4.74 Å². The molecule has 1 radical (unpaired) electrons. The minimum absolute atomic E-state index is 0.565. The predicted octanol–water partition coefficient (Wildman–Crippen LogP) is 3.34. The van der Waals surface area contributed by atoms with Crippen LogP contribution >= 0.6 is 0 Å². The van der Waals surface area contributed by atoms with Crippen molar-refractivity contribution < 1.29 is 4.74 Å². The highest BCUT2D eigenvalue weighted by Gasteiger charge is 2.11. The molecule has 0 unspecified atom stereocenters. The molecular weight excluding hydrogens is 148 g/mol. The van der Waals surface area contributed by atoms with Gasteiger partial charge in [0.25, 0.3) is 0 Å². The van der Waals surface area contributed by atoms with Gasteiger partial charge in [-0.25, -0.2) is 0 Å². The van der Waals surface area contributed by atoms with Gasteiger partial charge in [0.2, 0.25) is 0 Å². The quantitative estimate of drug-likeness (QED) is 0.463. The molecule has 1 aliphatic rings. The molecule has 0 heterocycles. The SMILES string of the molecule is CC[CH]COC1CCCCCC1. The summed E-state index contributed by atoms with van der Waals surface area (Å²) in [6.45, 7) is 3.03. The van der Waals surface area contributed by atoms with Crippen molar-refractivity contribution in [2.75, 3.05) is 6.61 Å². The molecule has 1 nitrogen and oxygen atoms in total. The summed E-state index contributed by atoms with van der Waals surface area (Å²) in [5.74, 6) is 0. The average Bonchev–Trinajstić information content (AvgIpc) is 2.33. The number of hydrogen-bond acceptors (Lipinski definition) is 1. The van der Waals surface area contributed by atoms with Gasteiger partial charge in [-0.05, 0) is 19.3 Å². The molecule has 0 bridgehead atoms. The molecule has 0 atom stereocenters. The van der Waals surface area contributed by atoms with Crippen LogP contribution in [0.15, 0.2) is 0 Å². The summed E-state index contributed by atoms with van der Waals surface area (Å²) in [5.41, 5.74) is 0. The second kappa shape index (κ2) is 6.47. The zero-order valence-electron chi connectivity index (χ0n) is 8.22. The maximum Gasteiger partial charge on any atom is 0.0575 e. The number of hydrogen-bond donors (Lipinski definition) is 0. The standard InChI is InChI=1S/C11H21O/c1-2-3-10-12-11-8-6-4-5-7-9-11/h3,11H,2,4-10H2,1H3. The van der Waals surface area contributed by atoms with Crippen molar-refractivity contribution in [3.63, 3.8) is 0 Å². The Balaban J connectivity index is 2.04. The van der Waals surface area contributed by atoms with Gasteiger partial charge in [0.1, 0.15) is 0 Å². The lowest BCUT2D eigenvalue weighted by atomic mass is 10.1. The summed E-state index contributed by atoms with van der Waals surface area (Å²) in [6.07, 6.45) is 12.1. The van der Waals surface area contributed by atoms with Crippen molar-refractivity contribution in [3.05, 3.63) is 6.42 Å². The van der Waals surface area contributed by atoms with Crippen LogP contribution in [0.3, 0.4) is 0 Å². The molecule has 0 amide bonds. The fraction of sp³-hybridized carbons (Fsp3) is 0.909. The van der Waals surface area contributed by atoms with Crippen LogP contribution < -0.4 is 0 Å². The zero-order valence-corrected chi connectivity index (χ0v) is 8.22. The molecule has 0 N–H and O–H groups in total. The topological polar surface area (TPSA) is 9.23 Å². The van der Waals surface area contributed by atoms with E-state index in [4.69, 9.17) is 4.74 Å². The van der Waals surface area contributed by atoms with E-state index in [0.717, 1.165) is 13.0 Å². The Morgan fingerprint density at radius 3 is 2.42 bits per heavy atom. The van der Waals surface area contributed by atoms with Crippen molar-refractivity contribution in [1.82, 2.24) is 0 Å². The van der Waals surface area contributed by atoms with Crippen LogP contribution in [0.25, 0.3) is 0 Å². The smallest absolute Gasteiger partial charge is 0.0575 e. The first-order valence-electron chi connectivity index (χ1n) is 5.36. The van der Waals surface area contributed by atoms with Crippen molar-refractivity contribution in [3.8, 4) is 0 Å². The Morgan fingerprint density at radius 1 is 1.17 bits per heavy atom. The molecule has 0 saturated heterocycles. The average molecular weight is 169 g/mol. The second-order valence-corrected chi connectivity index (χ2v) is 3.64. The number of ether oxygens (including phenoxy) is 1. The van der Waals surface area contributed by atoms with Crippen molar-refractivity contribution in [1.29, 1.82) is 0 Å². The third kappa shape index (κ3) is 4.10. The van der Waals surface area contributed by atoms with E-state index in [1.807, 2.05) is 0 Å². The van der Waals surface area contributed by atoms with Crippen LogP contribution in [0.2, 0.25) is 0 Å². The van der Waals surface area contributed by atoms with Gasteiger partial charge in [-0.15, -0.1) is 0 Å². The van der Waals surface area contributed by atoms with Gasteiger partial charge >= 0.3 is 0 Å². The van der Waals surface area contributed by atoms with Crippen LogP contribution in [0, 0.1) is 6.42 Å². The highest BCUT2D eigenvalue weighted by Crippen LogP contribution is 2.19. The lowest BCUT2D eigenvalue weighted by molar-refractivity contribution is 0.0564. The lowest BCUT2D eigenvalue weighted by Crippen LogP contribution is -2.12. The summed E-state index contributed by atoms with van der Waals surface area (Å²) in [4.78, 5) is 0. The Labute approximate surface area is 76.5 Å². The Kier molecular flexibility index (Phi) is 5.42. The normalized spacial score (nSPS) is 20.8. The molecule has 1 saturated carbocycles. The molecule has 1 heteroatoms. The van der Waals surface area contributed by atoms with Crippen LogP contribution in [0.5, 0.6) is 0 Å². The van der Waals surface area contributed by atoms with Gasteiger partial charge in [-0.3, -0.25) is 0 Å². The minimum Gasteiger partial charge on any atom is -0.378 e. The molecule has 0 aromatic rings. The summed E-state index contributed by atoms with van der Waals surface area (Å²) in [5, 5.41) is 0. The van der Waals surface area contributed by atoms with Gasteiger partial charge in [0.15, 0.2) is 0 Å². The minimum atomic E-state index is 0.565. The molecular formula is C11H21O. The van der Waals surface area contributed by atoms with Gasteiger partial charge in [0, 0.05) is 0 Å². The van der Waals surface area contributed by atoms with Gasteiger partial charge < -0.3 is 4.74 Å². The Hall–Kier alpha value is -0.0400. The maximum absolute atomic E-state index is 5.75. The van der Waals surface area contributed by atoms with Crippen LogP contribution in [0.4, 0.5) is 0 Å². The van der Waals surface area contributed by atoms with E-state index in [0.29, 0.717) is 6.10 Å². The molecule has 0 aromatic heterocycles. The molecule has 1 rings (SSSR count). The molecule has 71 valence electrons. The fourth-order valence-corrected chi connectivity index (χ4v) is 1.73. The van der Waals surface area contributed by atoms with E-state index in [-0.39, 0.29) is 0 Å². The van der Waals surface area contributed by atoms with E-state index in [2.05, 4.69) is 13.3 Å². The fourth-order valence-electron chi connectivity index (χ4n) is 1.73. The number of unbranched alkanes of at least 4 members (excludes halogenated alkanes) is 1. The third-order valence-corrected chi connectivity index (χ3v) is 2.54. The van der Waals surface area contributed by atoms with E-state index < -0.39 is 0 Å². The first kappa shape index (κ1) is 10.0. The molecule has 12 heavy (non-hydrogen) atoms. The van der Waals surface area contributed by atoms with Crippen molar-refractivity contribution >= 4 is 0 Å². The molecule has 0 aliphatic heterocycles. The van der Waals surface area contributed by atoms with E-state index >= 15 is 0 Å². The van der Waals surface area contributed by atoms with Crippen molar-refractivity contribution in [2.24, 2.45) is 0 Å². The summed E-state index contributed by atoms with van der Waals surface area (Å²) >= 11 is 0. The monoisotopic (exact) mass is 169 g/mol. The zero-order chi connectivity index (χ0) is 8.65. The van der Waals surface area contributed by atoms with Crippen molar-refractivity contribution in [2.45, 2.75) is 58.0 Å². The summed E-state index contributed by atoms with van der Waals surface area (Å²) in [6, 6.07) is 0. The van der Waals surface area contributed by atoms with Crippen LogP contribution in [-0.4, -0.2) is 12.7 Å². The highest BCUT2D eigenvalue weighted by molar-refractivity contribution is 4.66. The molecule has 0 aromatic carbocycles. The maximum atomic E-state index is 5.75.